The molecule has 174 valence electrons. The highest BCUT2D eigenvalue weighted by Crippen LogP contribution is 2.33. The smallest absolute Gasteiger partial charge is 0.277 e. The Balaban J connectivity index is 1.30. The monoisotopic (exact) mass is 481 g/mol. The van der Waals surface area contributed by atoms with Crippen molar-refractivity contribution < 1.29 is 4.79 Å². The lowest BCUT2D eigenvalue weighted by Crippen LogP contribution is -2.29. The first-order valence-corrected chi connectivity index (χ1v) is 12.3. The zero-order valence-corrected chi connectivity index (χ0v) is 19.9. The van der Waals surface area contributed by atoms with E-state index in [-0.39, 0.29) is 5.91 Å². The summed E-state index contributed by atoms with van der Waals surface area (Å²) >= 11 is 6.03. The van der Waals surface area contributed by atoms with Crippen LogP contribution in [-0.4, -0.2) is 26.4 Å². The van der Waals surface area contributed by atoms with Crippen molar-refractivity contribution in [2.75, 3.05) is 4.90 Å². The van der Waals surface area contributed by atoms with E-state index < -0.39 is 0 Å². The Kier molecular flexibility index (Phi) is 5.66. The zero-order chi connectivity index (χ0) is 23.8. The molecule has 0 spiro atoms. The van der Waals surface area contributed by atoms with E-state index in [9.17, 15) is 4.79 Å². The Bertz CT molecular complexity index is 1420. The van der Waals surface area contributed by atoms with Gasteiger partial charge in [-0.3, -0.25) is 4.79 Å². The Morgan fingerprint density at radius 3 is 2.51 bits per heavy atom. The molecule has 2 aliphatic rings. The number of hydrogen-bond acceptors (Lipinski definition) is 4. The van der Waals surface area contributed by atoms with Crippen LogP contribution >= 0.6 is 11.6 Å². The van der Waals surface area contributed by atoms with Gasteiger partial charge in [0.15, 0.2) is 5.82 Å². The van der Waals surface area contributed by atoms with Crippen LogP contribution in [-0.2, 0) is 24.3 Å². The number of anilines is 1. The predicted octanol–water partition coefficient (Wildman–Crippen LogP) is 5.99. The maximum Gasteiger partial charge on any atom is 0.277 e. The first-order chi connectivity index (χ1) is 17.2. The number of aliphatic imine (C=N–C) groups is 1. The second-order valence-corrected chi connectivity index (χ2v) is 9.38. The van der Waals surface area contributed by atoms with Gasteiger partial charge in [-0.05, 0) is 60.9 Å². The Morgan fingerprint density at radius 1 is 0.886 bits per heavy atom. The van der Waals surface area contributed by atoms with Crippen LogP contribution < -0.4 is 4.90 Å². The number of para-hydroxylation sites is 1. The number of aryl methyl sites for hydroxylation is 1. The summed E-state index contributed by atoms with van der Waals surface area (Å²) in [5.41, 5.74) is 4.93. The highest BCUT2D eigenvalue weighted by atomic mass is 35.5. The molecule has 7 heteroatoms. The van der Waals surface area contributed by atoms with Crippen LogP contribution in [0.3, 0.4) is 0 Å². The number of carbonyl (C=O) groups is 1. The summed E-state index contributed by atoms with van der Waals surface area (Å²) in [5.74, 6) is 1.86. The molecule has 2 aliphatic heterocycles. The molecule has 3 heterocycles. The number of fused-ring (bicyclic) bond motifs is 2. The maximum absolute atomic E-state index is 13.4. The quantitative estimate of drug-likeness (QED) is 0.359. The molecule has 0 N–H and O–H groups in total. The van der Waals surface area contributed by atoms with Gasteiger partial charge in [-0.1, -0.05) is 48.4 Å². The van der Waals surface area contributed by atoms with E-state index in [0.29, 0.717) is 17.3 Å². The van der Waals surface area contributed by atoms with Crippen molar-refractivity contribution in [3.63, 3.8) is 0 Å². The van der Waals surface area contributed by atoms with Gasteiger partial charge in [-0.15, -0.1) is 10.2 Å². The summed E-state index contributed by atoms with van der Waals surface area (Å²) < 4.78 is 2.24. The van der Waals surface area contributed by atoms with Crippen molar-refractivity contribution in [1.29, 1.82) is 0 Å². The lowest BCUT2D eigenvalue weighted by molar-refractivity contribution is -0.112. The van der Waals surface area contributed by atoms with Crippen molar-refractivity contribution in [1.82, 2.24) is 14.8 Å². The minimum absolute atomic E-state index is 0.104. The van der Waals surface area contributed by atoms with Crippen molar-refractivity contribution in [2.45, 2.75) is 38.8 Å². The molecule has 0 saturated heterocycles. The van der Waals surface area contributed by atoms with Crippen molar-refractivity contribution in [3.05, 3.63) is 94.8 Å². The highest BCUT2D eigenvalue weighted by molar-refractivity contribution is 6.54. The molecule has 6 nitrogen and oxygen atoms in total. The molecule has 6 rings (SSSR count). The lowest BCUT2D eigenvalue weighted by Gasteiger charge is -2.16. The molecule has 0 bridgehead atoms. The summed E-state index contributed by atoms with van der Waals surface area (Å²) in [6.07, 6.45) is 4.52. The van der Waals surface area contributed by atoms with Gasteiger partial charge in [0, 0.05) is 29.1 Å². The van der Waals surface area contributed by atoms with Crippen LogP contribution in [0.5, 0.6) is 0 Å². The van der Waals surface area contributed by atoms with Crippen molar-refractivity contribution in [2.24, 2.45) is 4.99 Å². The highest BCUT2D eigenvalue weighted by Gasteiger charge is 2.33. The average molecular weight is 482 g/mol. The molecule has 3 aromatic carbocycles. The van der Waals surface area contributed by atoms with Gasteiger partial charge in [0.1, 0.15) is 11.5 Å². The second kappa shape index (κ2) is 9.12. The fourth-order valence-corrected chi connectivity index (χ4v) is 4.94. The number of halogens is 1. The predicted molar refractivity (Wildman–Crippen MR) is 138 cm³/mol. The van der Waals surface area contributed by atoms with Gasteiger partial charge in [0.25, 0.3) is 5.91 Å². The van der Waals surface area contributed by atoms with Gasteiger partial charge >= 0.3 is 0 Å². The Labute approximate surface area is 208 Å². The summed E-state index contributed by atoms with van der Waals surface area (Å²) in [6, 6.07) is 23.3. The number of amides is 1. The van der Waals surface area contributed by atoms with Gasteiger partial charge in [-0.25, -0.2) is 4.99 Å². The van der Waals surface area contributed by atoms with Crippen LogP contribution in [0, 0.1) is 0 Å². The molecular weight excluding hydrogens is 458 g/mol. The number of rotatable bonds is 4. The molecule has 0 fully saturated rings. The first-order valence-electron chi connectivity index (χ1n) is 11.9. The number of hydrogen-bond donors (Lipinski definition) is 0. The molecule has 0 atom stereocenters. The fraction of sp³-hybridized carbons (Fsp3) is 0.214. The van der Waals surface area contributed by atoms with Crippen LogP contribution in [0.4, 0.5) is 11.4 Å². The summed E-state index contributed by atoms with van der Waals surface area (Å²) in [6.45, 7) is 1.42. The normalized spacial score (nSPS) is 16.3. The summed E-state index contributed by atoms with van der Waals surface area (Å²) in [5, 5.41) is 9.53. The third kappa shape index (κ3) is 4.15. The molecule has 0 unspecified atom stereocenters. The SMILES string of the molecule is O=C1C(=Nc2ccc(-c3nnc4n3CCCCC4)cc2)c2ccccc2N1Cc1ccc(Cl)cc1. The molecule has 1 amide bonds. The zero-order valence-electron chi connectivity index (χ0n) is 19.2. The molecule has 1 aromatic heterocycles. The van der Waals surface area contributed by atoms with Crippen molar-refractivity contribution in [3.8, 4) is 11.4 Å². The number of carbonyl (C=O) groups excluding carboxylic acids is 1. The molecule has 0 aliphatic carbocycles. The van der Waals surface area contributed by atoms with Crippen LogP contribution in [0.25, 0.3) is 11.4 Å². The summed E-state index contributed by atoms with van der Waals surface area (Å²) in [7, 11) is 0. The third-order valence-electron chi connectivity index (χ3n) is 6.63. The second-order valence-electron chi connectivity index (χ2n) is 8.94. The maximum atomic E-state index is 13.4. The molecular formula is C28H24ClN5O. The third-order valence-corrected chi connectivity index (χ3v) is 6.88. The first kappa shape index (κ1) is 21.7. The van der Waals surface area contributed by atoms with Gasteiger partial charge in [0.05, 0.1) is 17.9 Å². The minimum atomic E-state index is -0.104. The van der Waals surface area contributed by atoms with Crippen molar-refractivity contribution >= 4 is 34.6 Å². The minimum Gasteiger partial charge on any atom is -0.311 e. The molecule has 4 aromatic rings. The van der Waals surface area contributed by atoms with Crippen LogP contribution in [0.2, 0.25) is 5.02 Å². The van der Waals surface area contributed by atoms with E-state index in [0.717, 1.165) is 59.1 Å². The standard InChI is InChI=1S/C28H24ClN5O/c29-21-13-9-19(10-14-21)18-34-24-7-4-3-6-23(24)26(28(34)35)30-22-15-11-20(12-16-22)27-32-31-25-8-2-1-5-17-33(25)27/h3-4,6-7,9-16H,1-2,5,8,17-18H2. The van der Waals surface area contributed by atoms with E-state index in [1.165, 1.54) is 12.8 Å². The van der Waals surface area contributed by atoms with Crippen LogP contribution in [0.15, 0.2) is 77.8 Å². The van der Waals surface area contributed by atoms with Gasteiger partial charge in [-0.2, -0.15) is 0 Å². The molecule has 0 saturated carbocycles. The number of benzene rings is 3. The lowest BCUT2D eigenvalue weighted by atomic mass is 10.1. The fourth-order valence-electron chi connectivity index (χ4n) is 4.81. The molecule has 35 heavy (non-hydrogen) atoms. The van der Waals surface area contributed by atoms with E-state index in [2.05, 4.69) is 14.8 Å². The Hall–Kier alpha value is -3.77. The summed E-state index contributed by atoms with van der Waals surface area (Å²) in [4.78, 5) is 20.0. The number of nitrogens with zero attached hydrogens (tertiary/aromatic N) is 5. The van der Waals surface area contributed by atoms with E-state index in [1.807, 2.05) is 72.8 Å². The number of aromatic nitrogens is 3. The largest absolute Gasteiger partial charge is 0.311 e. The van der Waals surface area contributed by atoms with E-state index in [4.69, 9.17) is 16.6 Å². The van der Waals surface area contributed by atoms with E-state index in [1.54, 1.807) is 4.90 Å². The Morgan fingerprint density at radius 2 is 1.69 bits per heavy atom. The topological polar surface area (TPSA) is 63.4 Å². The van der Waals surface area contributed by atoms with Crippen LogP contribution in [0.1, 0.15) is 36.2 Å². The molecule has 0 radical (unpaired) electrons. The average Bonchev–Trinajstić information content (AvgIpc) is 3.29. The van der Waals surface area contributed by atoms with E-state index >= 15 is 0 Å². The van der Waals surface area contributed by atoms with Gasteiger partial charge < -0.3 is 9.47 Å². The van der Waals surface area contributed by atoms with Gasteiger partial charge in [0.2, 0.25) is 0 Å².